The van der Waals surface area contributed by atoms with Crippen LogP contribution in [0.25, 0.3) is 11.1 Å². The van der Waals surface area contributed by atoms with E-state index in [1.54, 1.807) is 6.20 Å². The van der Waals surface area contributed by atoms with Crippen LogP contribution >= 0.6 is 0 Å². The molecule has 0 radical (unpaired) electrons. The molecule has 0 aliphatic carbocycles. The lowest BCUT2D eigenvalue weighted by Crippen LogP contribution is -2.47. The summed E-state index contributed by atoms with van der Waals surface area (Å²) in [6, 6.07) is 24.3. The molecule has 1 N–H and O–H groups in total. The number of piperidine rings is 1. The van der Waals surface area contributed by atoms with E-state index < -0.39 is 12.0 Å². The Bertz CT molecular complexity index is 926. The summed E-state index contributed by atoms with van der Waals surface area (Å²) in [4.78, 5) is 18.6. The molecule has 4 nitrogen and oxygen atoms in total. The lowest BCUT2D eigenvalue weighted by atomic mass is 9.92. The van der Waals surface area contributed by atoms with Crippen molar-refractivity contribution >= 4 is 5.97 Å². The van der Waals surface area contributed by atoms with Crippen LogP contribution in [0.1, 0.15) is 36.6 Å². The van der Waals surface area contributed by atoms with Crippen LogP contribution in [0.3, 0.4) is 0 Å². The van der Waals surface area contributed by atoms with Crippen molar-refractivity contribution in [3.63, 3.8) is 0 Å². The van der Waals surface area contributed by atoms with Gasteiger partial charge < -0.3 is 5.11 Å². The molecular weight excluding hydrogens is 360 g/mol. The second-order valence-corrected chi connectivity index (χ2v) is 7.62. The number of hydrogen-bond acceptors (Lipinski definition) is 3. The van der Waals surface area contributed by atoms with E-state index in [-0.39, 0.29) is 6.04 Å². The fourth-order valence-electron chi connectivity index (χ4n) is 4.26. The van der Waals surface area contributed by atoms with Crippen LogP contribution in [0.4, 0.5) is 0 Å². The molecule has 2 unspecified atom stereocenters. The summed E-state index contributed by atoms with van der Waals surface area (Å²) >= 11 is 0. The maximum atomic E-state index is 11.9. The number of likely N-dealkylation sites (tertiary alicyclic amines) is 1. The fraction of sp³-hybridized carbons (Fsp3) is 0.280. The molecule has 1 aliphatic rings. The molecule has 3 aromatic rings. The third kappa shape index (κ3) is 4.54. The average Bonchev–Trinajstić information content (AvgIpc) is 2.79. The molecule has 2 aromatic carbocycles. The lowest BCUT2D eigenvalue weighted by Gasteiger charge is -2.39. The minimum Gasteiger partial charge on any atom is -0.480 e. The normalized spacial score (nSPS) is 18.3. The number of aromatic nitrogens is 1. The van der Waals surface area contributed by atoms with Crippen molar-refractivity contribution in [3.05, 3.63) is 90.3 Å². The smallest absolute Gasteiger partial charge is 0.320 e. The molecule has 1 saturated heterocycles. The Kier molecular flexibility index (Phi) is 6.01. The van der Waals surface area contributed by atoms with Gasteiger partial charge in [-0.3, -0.25) is 14.7 Å². The molecule has 0 spiro atoms. The monoisotopic (exact) mass is 386 g/mol. The van der Waals surface area contributed by atoms with Gasteiger partial charge in [0.1, 0.15) is 6.04 Å². The van der Waals surface area contributed by atoms with E-state index in [0.717, 1.165) is 30.6 Å². The van der Waals surface area contributed by atoms with Crippen LogP contribution in [0.5, 0.6) is 0 Å². The minimum absolute atomic E-state index is 0.00359. The lowest BCUT2D eigenvalue weighted by molar-refractivity contribution is -0.146. The van der Waals surface area contributed by atoms with E-state index in [1.807, 2.05) is 36.4 Å². The topological polar surface area (TPSA) is 53.4 Å². The summed E-state index contributed by atoms with van der Waals surface area (Å²) < 4.78 is 0. The summed E-state index contributed by atoms with van der Waals surface area (Å²) in [7, 11) is 0. The molecule has 148 valence electrons. The van der Waals surface area contributed by atoms with Gasteiger partial charge in [0.2, 0.25) is 0 Å². The van der Waals surface area contributed by atoms with Crippen LogP contribution in [-0.4, -0.2) is 33.5 Å². The number of nitrogens with zero attached hydrogens (tertiary/aromatic N) is 2. The summed E-state index contributed by atoms with van der Waals surface area (Å²) in [5.41, 5.74) is 4.48. The van der Waals surface area contributed by atoms with E-state index in [9.17, 15) is 9.90 Å². The van der Waals surface area contributed by atoms with Crippen molar-refractivity contribution < 1.29 is 9.90 Å². The van der Waals surface area contributed by atoms with Gasteiger partial charge in [-0.25, -0.2) is 0 Å². The number of hydrogen-bond donors (Lipinski definition) is 1. The third-order valence-electron chi connectivity index (χ3n) is 5.76. The van der Waals surface area contributed by atoms with Crippen LogP contribution in [0, 0.1) is 0 Å². The average molecular weight is 386 g/mol. The van der Waals surface area contributed by atoms with Gasteiger partial charge in [-0.05, 0) is 48.2 Å². The molecular formula is C25H26N2O2. The van der Waals surface area contributed by atoms with Crippen LogP contribution in [-0.2, 0) is 11.2 Å². The maximum Gasteiger partial charge on any atom is 0.320 e. The SMILES string of the molecule is O=C(O)C1CCCCN1C(Cc1ccccn1)c1ccc(-c2ccccc2)cc1. The molecule has 4 rings (SSSR count). The molecule has 0 saturated carbocycles. The summed E-state index contributed by atoms with van der Waals surface area (Å²) in [5.74, 6) is -0.725. The Morgan fingerprint density at radius 2 is 1.69 bits per heavy atom. The Balaban J connectivity index is 1.67. The highest BCUT2D eigenvalue weighted by molar-refractivity contribution is 5.73. The van der Waals surface area contributed by atoms with Gasteiger partial charge in [-0.1, -0.05) is 67.1 Å². The Hall–Kier alpha value is -2.98. The number of aliphatic carboxylic acids is 1. The van der Waals surface area contributed by atoms with Gasteiger partial charge in [0.05, 0.1) is 0 Å². The van der Waals surface area contributed by atoms with E-state index in [1.165, 1.54) is 11.1 Å². The van der Waals surface area contributed by atoms with Crippen molar-refractivity contribution in [2.24, 2.45) is 0 Å². The minimum atomic E-state index is -0.725. The van der Waals surface area contributed by atoms with Gasteiger partial charge in [-0.15, -0.1) is 0 Å². The molecule has 1 aliphatic heterocycles. The van der Waals surface area contributed by atoms with Crippen molar-refractivity contribution in [1.82, 2.24) is 9.88 Å². The van der Waals surface area contributed by atoms with Gasteiger partial charge in [-0.2, -0.15) is 0 Å². The highest BCUT2D eigenvalue weighted by Gasteiger charge is 2.34. The van der Waals surface area contributed by atoms with Crippen molar-refractivity contribution in [2.75, 3.05) is 6.54 Å². The molecule has 0 bridgehead atoms. The standard InChI is InChI=1S/C25H26N2O2/c28-25(29)23-11-5-7-17-27(23)24(18-22-10-4-6-16-26-22)21-14-12-20(13-15-21)19-8-2-1-3-9-19/h1-4,6,8-10,12-16,23-24H,5,7,11,17-18H2,(H,28,29). The van der Waals surface area contributed by atoms with Crippen LogP contribution in [0.15, 0.2) is 79.0 Å². The van der Waals surface area contributed by atoms with E-state index in [4.69, 9.17) is 0 Å². The first-order valence-corrected chi connectivity index (χ1v) is 10.3. The summed E-state index contributed by atoms with van der Waals surface area (Å²) in [5, 5.41) is 9.81. The zero-order chi connectivity index (χ0) is 20.1. The Labute approximate surface area is 171 Å². The number of carboxylic acids is 1. The molecule has 4 heteroatoms. The first kappa shape index (κ1) is 19.3. The predicted molar refractivity (Wildman–Crippen MR) is 115 cm³/mol. The first-order chi connectivity index (χ1) is 14.2. The molecule has 1 fully saturated rings. The predicted octanol–water partition coefficient (Wildman–Crippen LogP) is 4.97. The van der Waals surface area contributed by atoms with E-state index in [0.29, 0.717) is 12.8 Å². The number of carbonyl (C=O) groups is 1. The number of pyridine rings is 1. The first-order valence-electron chi connectivity index (χ1n) is 10.3. The van der Waals surface area contributed by atoms with Crippen LogP contribution < -0.4 is 0 Å². The van der Waals surface area contributed by atoms with Crippen LogP contribution in [0.2, 0.25) is 0 Å². The van der Waals surface area contributed by atoms with Gasteiger partial charge in [0.25, 0.3) is 0 Å². The van der Waals surface area contributed by atoms with Crippen molar-refractivity contribution in [1.29, 1.82) is 0 Å². The highest BCUT2D eigenvalue weighted by Crippen LogP contribution is 2.32. The van der Waals surface area contributed by atoms with Crippen molar-refractivity contribution in [2.45, 2.75) is 37.8 Å². The highest BCUT2D eigenvalue weighted by atomic mass is 16.4. The number of carboxylic acid groups (broad SMARTS) is 1. The maximum absolute atomic E-state index is 11.9. The van der Waals surface area contributed by atoms with Gasteiger partial charge in [0, 0.05) is 24.4 Å². The summed E-state index contributed by atoms with van der Waals surface area (Å²) in [6.07, 6.45) is 5.21. The quantitative estimate of drug-likeness (QED) is 0.650. The second kappa shape index (κ2) is 9.01. The Morgan fingerprint density at radius 3 is 2.38 bits per heavy atom. The Morgan fingerprint density at radius 1 is 0.966 bits per heavy atom. The van der Waals surface area contributed by atoms with Gasteiger partial charge >= 0.3 is 5.97 Å². The largest absolute Gasteiger partial charge is 0.480 e. The van der Waals surface area contributed by atoms with Crippen molar-refractivity contribution in [3.8, 4) is 11.1 Å². The number of benzene rings is 2. The molecule has 2 heterocycles. The summed E-state index contributed by atoms with van der Waals surface area (Å²) in [6.45, 7) is 0.800. The zero-order valence-corrected chi connectivity index (χ0v) is 16.4. The van der Waals surface area contributed by atoms with E-state index in [2.05, 4.69) is 46.3 Å². The molecule has 0 amide bonds. The molecule has 2 atom stereocenters. The second-order valence-electron chi connectivity index (χ2n) is 7.62. The van der Waals surface area contributed by atoms with E-state index >= 15 is 0 Å². The molecule has 1 aromatic heterocycles. The zero-order valence-electron chi connectivity index (χ0n) is 16.4. The third-order valence-corrected chi connectivity index (χ3v) is 5.76. The number of rotatable bonds is 6. The molecule has 29 heavy (non-hydrogen) atoms. The fourth-order valence-corrected chi connectivity index (χ4v) is 4.26. The van der Waals surface area contributed by atoms with Gasteiger partial charge in [0.15, 0.2) is 0 Å².